The Hall–Kier alpha value is -3.00. The predicted molar refractivity (Wildman–Crippen MR) is 111 cm³/mol. The van der Waals surface area contributed by atoms with Gasteiger partial charge in [-0.25, -0.2) is 0 Å². The van der Waals surface area contributed by atoms with Gasteiger partial charge in [-0.1, -0.05) is 18.2 Å². The van der Waals surface area contributed by atoms with Crippen LogP contribution in [0.25, 0.3) is 10.9 Å². The van der Waals surface area contributed by atoms with Gasteiger partial charge in [0.15, 0.2) is 0 Å². The maximum Gasteiger partial charge on any atom is 0.285 e. The largest absolute Gasteiger partial charge is 0.495 e. The Kier molecular flexibility index (Phi) is 5.89. The summed E-state index contributed by atoms with van der Waals surface area (Å²) < 4.78 is 5.18. The standard InChI is InChI=1S/C20H21N3O4S/c1-12-5-4-6-14-13(11-22-19(12)14)7-8-21-20(24)15-9-18(28-3)17(27-2)10-16(15)23(25)26/h4-6,9-11,22H,7-8H2,1-3H3,(H,21,24). The van der Waals surface area contributed by atoms with E-state index in [-0.39, 0.29) is 11.3 Å². The minimum Gasteiger partial charge on any atom is -0.495 e. The lowest BCUT2D eigenvalue weighted by molar-refractivity contribution is -0.385. The molecule has 1 heterocycles. The van der Waals surface area contributed by atoms with Gasteiger partial charge in [0.05, 0.1) is 23.0 Å². The Bertz CT molecular complexity index is 1050. The van der Waals surface area contributed by atoms with Crippen molar-refractivity contribution in [3.05, 3.63) is 63.3 Å². The van der Waals surface area contributed by atoms with E-state index in [1.807, 2.05) is 37.6 Å². The van der Waals surface area contributed by atoms with Gasteiger partial charge in [-0.05, 0) is 36.8 Å². The molecular formula is C20H21N3O4S. The van der Waals surface area contributed by atoms with Crippen LogP contribution in [0.3, 0.4) is 0 Å². The molecule has 3 aromatic rings. The third-order valence-corrected chi connectivity index (χ3v) is 5.39. The molecule has 3 rings (SSSR count). The Labute approximate surface area is 166 Å². The molecule has 1 amide bonds. The number of aryl methyl sites for hydroxylation is 1. The zero-order chi connectivity index (χ0) is 20.3. The molecule has 0 spiro atoms. The summed E-state index contributed by atoms with van der Waals surface area (Å²) in [6.45, 7) is 2.41. The van der Waals surface area contributed by atoms with Crippen LogP contribution in [0.4, 0.5) is 5.69 Å². The first-order chi connectivity index (χ1) is 13.5. The zero-order valence-corrected chi connectivity index (χ0v) is 16.7. The summed E-state index contributed by atoms with van der Waals surface area (Å²) in [7, 11) is 1.45. The molecule has 0 saturated heterocycles. The van der Waals surface area contributed by atoms with Gasteiger partial charge < -0.3 is 15.0 Å². The summed E-state index contributed by atoms with van der Waals surface area (Å²) in [4.78, 5) is 27.4. The van der Waals surface area contributed by atoms with E-state index in [2.05, 4.69) is 10.3 Å². The molecule has 0 aliphatic heterocycles. The van der Waals surface area contributed by atoms with Crippen LogP contribution < -0.4 is 10.1 Å². The van der Waals surface area contributed by atoms with E-state index in [0.717, 1.165) is 22.0 Å². The number of H-pyrrole nitrogens is 1. The number of rotatable bonds is 7. The summed E-state index contributed by atoms with van der Waals surface area (Å²) in [6.07, 6.45) is 4.38. The van der Waals surface area contributed by atoms with E-state index < -0.39 is 10.8 Å². The lowest BCUT2D eigenvalue weighted by Gasteiger charge is -2.10. The highest BCUT2D eigenvalue weighted by Gasteiger charge is 2.23. The molecular weight excluding hydrogens is 378 g/mol. The molecule has 2 aromatic carbocycles. The van der Waals surface area contributed by atoms with E-state index in [0.29, 0.717) is 23.6 Å². The summed E-state index contributed by atoms with van der Waals surface area (Å²) in [6, 6.07) is 8.87. The van der Waals surface area contributed by atoms with Gasteiger partial charge in [-0.15, -0.1) is 11.8 Å². The highest BCUT2D eigenvalue weighted by Crippen LogP contribution is 2.34. The summed E-state index contributed by atoms with van der Waals surface area (Å²) in [5.74, 6) is -0.0920. The van der Waals surface area contributed by atoms with Crippen LogP contribution >= 0.6 is 11.8 Å². The van der Waals surface area contributed by atoms with Crippen LogP contribution in [0.2, 0.25) is 0 Å². The van der Waals surface area contributed by atoms with Crippen molar-refractivity contribution in [3.8, 4) is 5.75 Å². The van der Waals surface area contributed by atoms with Crippen molar-refractivity contribution in [2.24, 2.45) is 0 Å². The normalized spacial score (nSPS) is 10.8. The highest BCUT2D eigenvalue weighted by molar-refractivity contribution is 7.98. The van der Waals surface area contributed by atoms with Crippen LogP contribution in [0, 0.1) is 17.0 Å². The number of fused-ring (bicyclic) bond motifs is 1. The number of ether oxygens (including phenoxy) is 1. The number of amides is 1. The van der Waals surface area contributed by atoms with Crippen molar-refractivity contribution in [2.75, 3.05) is 19.9 Å². The Morgan fingerprint density at radius 2 is 2.14 bits per heavy atom. The first kappa shape index (κ1) is 19.8. The minimum atomic E-state index is -0.565. The quantitative estimate of drug-likeness (QED) is 0.354. The van der Waals surface area contributed by atoms with E-state index >= 15 is 0 Å². The van der Waals surface area contributed by atoms with Crippen LogP contribution in [0.5, 0.6) is 5.75 Å². The highest BCUT2D eigenvalue weighted by atomic mass is 32.2. The number of carbonyl (C=O) groups excluding carboxylic acids is 1. The van der Waals surface area contributed by atoms with Gasteiger partial charge >= 0.3 is 0 Å². The van der Waals surface area contributed by atoms with Gasteiger partial charge in [-0.2, -0.15) is 0 Å². The second kappa shape index (κ2) is 8.35. The number of thioether (sulfide) groups is 1. The molecule has 8 heteroatoms. The smallest absolute Gasteiger partial charge is 0.285 e. The van der Waals surface area contributed by atoms with Crippen LogP contribution in [0.15, 0.2) is 41.4 Å². The van der Waals surface area contributed by atoms with Crippen molar-refractivity contribution in [2.45, 2.75) is 18.2 Å². The Morgan fingerprint density at radius 1 is 1.36 bits per heavy atom. The molecule has 0 atom stereocenters. The molecule has 0 aliphatic rings. The number of nitrogens with zero attached hydrogens (tertiary/aromatic N) is 1. The third-order valence-electron chi connectivity index (χ3n) is 4.63. The summed E-state index contributed by atoms with van der Waals surface area (Å²) in [5.41, 5.74) is 3.10. The molecule has 146 valence electrons. The molecule has 2 N–H and O–H groups in total. The fourth-order valence-electron chi connectivity index (χ4n) is 3.18. The topological polar surface area (TPSA) is 97.3 Å². The molecule has 0 bridgehead atoms. The van der Waals surface area contributed by atoms with Gasteiger partial charge in [0.2, 0.25) is 0 Å². The number of benzene rings is 2. The molecule has 1 aromatic heterocycles. The zero-order valence-electron chi connectivity index (χ0n) is 15.9. The molecule has 0 saturated carbocycles. The van der Waals surface area contributed by atoms with Gasteiger partial charge in [-0.3, -0.25) is 14.9 Å². The number of hydrogen-bond acceptors (Lipinski definition) is 5. The lowest BCUT2D eigenvalue weighted by Crippen LogP contribution is -2.26. The van der Waals surface area contributed by atoms with Crippen LogP contribution in [0.1, 0.15) is 21.5 Å². The predicted octanol–water partition coefficient (Wildman–Crippen LogP) is 4.09. The number of nitro benzene ring substituents is 1. The maximum absolute atomic E-state index is 12.6. The number of nitro groups is 1. The molecule has 0 fully saturated rings. The lowest BCUT2D eigenvalue weighted by atomic mass is 10.1. The minimum absolute atomic E-state index is 0.0323. The summed E-state index contributed by atoms with van der Waals surface area (Å²) >= 11 is 1.36. The summed E-state index contributed by atoms with van der Waals surface area (Å²) in [5, 5.41) is 15.3. The van der Waals surface area contributed by atoms with Crippen LogP contribution in [-0.2, 0) is 6.42 Å². The van der Waals surface area contributed by atoms with E-state index in [1.54, 1.807) is 0 Å². The first-order valence-corrected chi connectivity index (χ1v) is 9.93. The van der Waals surface area contributed by atoms with Crippen LogP contribution in [-0.4, -0.2) is 35.7 Å². The van der Waals surface area contributed by atoms with E-state index in [1.165, 1.54) is 31.0 Å². The van der Waals surface area contributed by atoms with Crippen molar-refractivity contribution >= 4 is 34.3 Å². The fraction of sp³-hybridized carbons (Fsp3) is 0.250. The number of hydrogen-bond donors (Lipinski definition) is 2. The molecule has 0 radical (unpaired) electrons. The SMILES string of the molecule is COc1cc([N+](=O)[O-])c(C(=O)NCCc2c[nH]c3c(C)cccc23)cc1SC. The first-order valence-electron chi connectivity index (χ1n) is 8.70. The van der Waals surface area contributed by atoms with Crippen molar-refractivity contribution in [1.82, 2.24) is 10.3 Å². The second-order valence-corrected chi connectivity index (χ2v) is 7.15. The van der Waals surface area contributed by atoms with Gasteiger partial charge in [0, 0.05) is 23.6 Å². The monoisotopic (exact) mass is 399 g/mol. The van der Waals surface area contributed by atoms with Crippen molar-refractivity contribution < 1.29 is 14.5 Å². The number of methoxy groups -OCH3 is 1. The Morgan fingerprint density at radius 3 is 2.82 bits per heavy atom. The third kappa shape index (κ3) is 3.82. The Balaban J connectivity index is 1.77. The molecule has 0 unspecified atom stereocenters. The second-order valence-electron chi connectivity index (χ2n) is 6.30. The molecule has 7 nitrogen and oxygen atoms in total. The van der Waals surface area contributed by atoms with Crippen molar-refractivity contribution in [3.63, 3.8) is 0 Å². The number of para-hydroxylation sites is 1. The average molecular weight is 399 g/mol. The fourth-order valence-corrected chi connectivity index (χ4v) is 3.76. The van der Waals surface area contributed by atoms with Gasteiger partial charge in [0.1, 0.15) is 11.3 Å². The number of aromatic amines is 1. The maximum atomic E-state index is 12.6. The number of carbonyl (C=O) groups is 1. The average Bonchev–Trinajstić information content (AvgIpc) is 3.11. The molecule has 28 heavy (non-hydrogen) atoms. The number of nitrogens with one attached hydrogen (secondary N) is 2. The van der Waals surface area contributed by atoms with E-state index in [4.69, 9.17) is 4.74 Å². The van der Waals surface area contributed by atoms with Gasteiger partial charge in [0.25, 0.3) is 11.6 Å². The number of aromatic nitrogens is 1. The van der Waals surface area contributed by atoms with E-state index in [9.17, 15) is 14.9 Å². The van der Waals surface area contributed by atoms with Crippen molar-refractivity contribution in [1.29, 1.82) is 0 Å². The molecule has 0 aliphatic carbocycles.